The van der Waals surface area contributed by atoms with E-state index >= 15 is 0 Å². The van der Waals surface area contributed by atoms with Crippen molar-refractivity contribution in [2.24, 2.45) is 0 Å². The molecule has 0 spiro atoms. The number of amides is 1. The average Bonchev–Trinajstić information content (AvgIpc) is 2.43. The van der Waals surface area contributed by atoms with Crippen LogP contribution in [0, 0.1) is 0 Å². The number of carbonyl (C=O) groups is 2. The molecule has 0 aliphatic heterocycles. The third-order valence-corrected chi connectivity index (χ3v) is 2.61. The molecule has 0 unspecified atom stereocenters. The summed E-state index contributed by atoms with van der Waals surface area (Å²) in [6.45, 7) is 8.69. The fourth-order valence-corrected chi connectivity index (χ4v) is 1.71. The third-order valence-electron chi connectivity index (χ3n) is 2.61. The molecule has 0 radical (unpaired) electrons. The molecule has 120 valence electrons. The van der Waals surface area contributed by atoms with Crippen LogP contribution in [0.1, 0.15) is 31.1 Å². The van der Waals surface area contributed by atoms with Crippen LogP contribution in [0.4, 0.5) is 10.5 Å². The maximum atomic E-state index is 12.0. The zero-order valence-corrected chi connectivity index (χ0v) is 13.5. The van der Waals surface area contributed by atoms with Crippen molar-refractivity contribution >= 4 is 17.6 Å². The quantitative estimate of drug-likeness (QED) is 0.666. The third kappa shape index (κ3) is 4.51. The fraction of sp³-hybridized carbons (Fsp3) is 0.375. The predicted octanol–water partition coefficient (Wildman–Crippen LogP) is 3.42. The molecule has 0 aliphatic carbocycles. The maximum Gasteiger partial charge on any atom is 0.412 e. The Morgan fingerprint density at radius 1 is 1.14 bits per heavy atom. The smallest absolute Gasteiger partial charge is 0.412 e. The van der Waals surface area contributed by atoms with Crippen molar-refractivity contribution in [3.05, 3.63) is 30.4 Å². The molecule has 0 aromatic heterocycles. The molecule has 22 heavy (non-hydrogen) atoms. The number of anilines is 1. The van der Waals surface area contributed by atoms with Gasteiger partial charge in [-0.2, -0.15) is 0 Å². The summed E-state index contributed by atoms with van der Waals surface area (Å²) in [7, 11) is 2.92. The summed E-state index contributed by atoms with van der Waals surface area (Å²) >= 11 is 0. The molecule has 0 aliphatic rings. The SMILES string of the molecule is C=CC(=O)c1cc(OC)c(OC)cc1NC(=O)OC(C)(C)C. The first kappa shape index (κ1) is 17.6. The largest absolute Gasteiger partial charge is 0.493 e. The number of rotatable bonds is 5. The molecule has 1 rings (SSSR count). The maximum absolute atomic E-state index is 12.0. The molecule has 0 saturated carbocycles. The summed E-state index contributed by atoms with van der Waals surface area (Å²) in [6.07, 6.45) is 0.486. The van der Waals surface area contributed by atoms with Crippen molar-refractivity contribution in [2.45, 2.75) is 26.4 Å². The highest BCUT2D eigenvalue weighted by Crippen LogP contribution is 2.34. The lowest BCUT2D eigenvalue weighted by Crippen LogP contribution is -2.27. The minimum atomic E-state index is -0.669. The lowest BCUT2D eigenvalue weighted by molar-refractivity contribution is 0.0636. The second kappa shape index (κ2) is 6.98. The molecule has 0 heterocycles. The zero-order valence-electron chi connectivity index (χ0n) is 13.5. The van der Waals surface area contributed by atoms with Gasteiger partial charge in [-0.3, -0.25) is 10.1 Å². The molecule has 0 atom stereocenters. The highest BCUT2D eigenvalue weighted by Gasteiger charge is 2.20. The zero-order chi connectivity index (χ0) is 16.9. The Kier molecular flexibility index (Phi) is 5.56. The number of benzene rings is 1. The lowest BCUT2D eigenvalue weighted by Gasteiger charge is -2.20. The van der Waals surface area contributed by atoms with Crippen LogP contribution in [-0.4, -0.2) is 31.7 Å². The van der Waals surface area contributed by atoms with E-state index in [1.165, 1.54) is 26.4 Å². The summed E-state index contributed by atoms with van der Waals surface area (Å²) < 4.78 is 15.5. The van der Waals surface area contributed by atoms with Crippen LogP contribution in [-0.2, 0) is 4.74 Å². The number of carbonyl (C=O) groups excluding carboxylic acids is 2. The van der Waals surface area contributed by atoms with Gasteiger partial charge in [0.25, 0.3) is 0 Å². The van der Waals surface area contributed by atoms with Gasteiger partial charge in [0, 0.05) is 11.6 Å². The summed E-state index contributed by atoms with van der Waals surface area (Å²) in [5.74, 6) is 0.406. The van der Waals surface area contributed by atoms with Crippen molar-refractivity contribution in [3.8, 4) is 11.5 Å². The van der Waals surface area contributed by atoms with Crippen LogP contribution >= 0.6 is 0 Å². The Bertz CT molecular complexity index is 587. The first-order valence-electron chi connectivity index (χ1n) is 6.64. The number of allylic oxidation sites excluding steroid dienone is 1. The van der Waals surface area contributed by atoms with Gasteiger partial charge in [-0.25, -0.2) is 4.79 Å². The van der Waals surface area contributed by atoms with Crippen LogP contribution < -0.4 is 14.8 Å². The lowest BCUT2D eigenvalue weighted by atomic mass is 10.1. The molecule has 1 N–H and O–H groups in total. The Hall–Kier alpha value is -2.50. The number of ether oxygens (including phenoxy) is 3. The molecule has 1 aromatic rings. The number of nitrogens with one attached hydrogen (secondary N) is 1. The van der Waals surface area contributed by atoms with Gasteiger partial charge in [-0.1, -0.05) is 6.58 Å². The molecule has 1 aromatic carbocycles. The first-order chi connectivity index (χ1) is 10.2. The van der Waals surface area contributed by atoms with Crippen LogP contribution in [0.5, 0.6) is 11.5 Å². The Labute approximate surface area is 130 Å². The second-order valence-electron chi connectivity index (χ2n) is 5.45. The van der Waals surface area contributed by atoms with E-state index in [9.17, 15) is 9.59 Å². The van der Waals surface area contributed by atoms with Crippen molar-refractivity contribution in [1.29, 1.82) is 0 Å². The topological polar surface area (TPSA) is 73.9 Å². The van der Waals surface area contributed by atoms with Gasteiger partial charge in [0.1, 0.15) is 5.60 Å². The highest BCUT2D eigenvalue weighted by molar-refractivity contribution is 6.10. The van der Waals surface area contributed by atoms with Crippen LogP contribution in [0.2, 0.25) is 0 Å². The summed E-state index contributed by atoms with van der Waals surface area (Å²) in [6, 6.07) is 2.98. The second-order valence-corrected chi connectivity index (χ2v) is 5.45. The number of hydrogen-bond acceptors (Lipinski definition) is 5. The number of hydrogen-bond donors (Lipinski definition) is 1. The summed E-state index contributed by atoms with van der Waals surface area (Å²) in [4.78, 5) is 23.9. The molecule has 0 bridgehead atoms. The number of ketones is 1. The molecule has 6 heteroatoms. The van der Waals surface area contributed by atoms with Gasteiger partial charge in [0.15, 0.2) is 17.3 Å². The van der Waals surface area contributed by atoms with Gasteiger partial charge in [0.05, 0.1) is 19.9 Å². The van der Waals surface area contributed by atoms with Gasteiger partial charge in [-0.15, -0.1) is 0 Å². The van der Waals surface area contributed by atoms with Crippen molar-refractivity contribution in [3.63, 3.8) is 0 Å². The Balaban J connectivity index is 3.23. The normalized spacial score (nSPS) is 10.6. The molecular weight excluding hydrogens is 286 g/mol. The van der Waals surface area contributed by atoms with Gasteiger partial charge >= 0.3 is 6.09 Å². The molecule has 0 saturated heterocycles. The van der Waals surface area contributed by atoms with Gasteiger partial charge in [0.2, 0.25) is 0 Å². The van der Waals surface area contributed by atoms with E-state index in [0.717, 1.165) is 6.08 Å². The monoisotopic (exact) mass is 307 g/mol. The molecule has 6 nitrogen and oxygen atoms in total. The van der Waals surface area contributed by atoms with Gasteiger partial charge < -0.3 is 14.2 Å². The van der Waals surface area contributed by atoms with E-state index in [1.54, 1.807) is 20.8 Å². The first-order valence-corrected chi connectivity index (χ1v) is 6.64. The minimum Gasteiger partial charge on any atom is -0.493 e. The minimum absolute atomic E-state index is 0.235. The van der Waals surface area contributed by atoms with E-state index in [-0.39, 0.29) is 17.0 Å². The van der Waals surface area contributed by atoms with Crippen molar-refractivity contribution in [1.82, 2.24) is 0 Å². The van der Waals surface area contributed by atoms with Gasteiger partial charge in [-0.05, 0) is 32.9 Å². The standard InChI is InChI=1S/C16H21NO5/c1-7-12(18)10-8-13(20-5)14(21-6)9-11(10)17-15(19)22-16(2,3)4/h7-9H,1H2,2-6H3,(H,17,19). The van der Waals surface area contributed by atoms with Crippen LogP contribution in [0.25, 0.3) is 0 Å². The van der Waals surface area contributed by atoms with Crippen LogP contribution in [0.3, 0.4) is 0 Å². The van der Waals surface area contributed by atoms with Crippen LogP contribution in [0.15, 0.2) is 24.8 Å². The van der Waals surface area contributed by atoms with Crippen molar-refractivity contribution < 1.29 is 23.8 Å². The van der Waals surface area contributed by atoms with E-state index < -0.39 is 11.7 Å². The van der Waals surface area contributed by atoms with Crippen molar-refractivity contribution in [2.75, 3.05) is 19.5 Å². The van der Waals surface area contributed by atoms with E-state index in [1.807, 2.05) is 0 Å². The molecule has 1 amide bonds. The fourth-order valence-electron chi connectivity index (χ4n) is 1.71. The number of methoxy groups -OCH3 is 2. The predicted molar refractivity (Wildman–Crippen MR) is 83.9 cm³/mol. The summed E-state index contributed by atoms with van der Waals surface area (Å²) in [5, 5.41) is 2.54. The van der Waals surface area contributed by atoms with E-state index in [2.05, 4.69) is 11.9 Å². The van der Waals surface area contributed by atoms with E-state index in [4.69, 9.17) is 14.2 Å². The molecular formula is C16H21NO5. The summed E-state index contributed by atoms with van der Waals surface area (Å²) in [5.41, 5.74) is -0.154. The highest BCUT2D eigenvalue weighted by atomic mass is 16.6. The van der Waals surface area contributed by atoms with E-state index in [0.29, 0.717) is 11.5 Å². The molecule has 0 fully saturated rings. The average molecular weight is 307 g/mol. The Morgan fingerprint density at radius 2 is 1.68 bits per heavy atom. The Morgan fingerprint density at radius 3 is 2.14 bits per heavy atom.